The summed E-state index contributed by atoms with van der Waals surface area (Å²) in [4.78, 5) is 13.0. The van der Waals surface area contributed by atoms with Gasteiger partial charge in [0.05, 0.1) is 28.8 Å². The summed E-state index contributed by atoms with van der Waals surface area (Å²) in [7, 11) is 0. The molecule has 0 saturated carbocycles. The summed E-state index contributed by atoms with van der Waals surface area (Å²) in [5.41, 5.74) is 0.444. The number of nitrogens with one attached hydrogen (secondary N) is 1. The second kappa shape index (κ2) is 6.54. The zero-order valence-electron chi connectivity index (χ0n) is 13.0. The summed E-state index contributed by atoms with van der Waals surface area (Å²) < 4.78 is 25.3. The number of fused-ring (bicyclic) bond motifs is 2. The van der Waals surface area contributed by atoms with Gasteiger partial charge in [-0.05, 0) is 29.7 Å². The molecule has 0 bridgehead atoms. The summed E-state index contributed by atoms with van der Waals surface area (Å²) in [5, 5.41) is 3.84. The molecule has 4 nitrogen and oxygen atoms in total. The van der Waals surface area contributed by atoms with Crippen LogP contribution < -0.4 is 14.8 Å². The van der Waals surface area contributed by atoms with Gasteiger partial charge in [-0.3, -0.25) is 4.79 Å². The maximum absolute atomic E-state index is 13.3. The van der Waals surface area contributed by atoms with Crippen molar-refractivity contribution in [1.29, 1.82) is 0 Å². The van der Waals surface area contributed by atoms with E-state index in [0.717, 1.165) is 11.1 Å². The van der Waals surface area contributed by atoms with Crippen LogP contribution in [-0.4, -0.2) is 19.1 Å². The first-order valence-corrected chi connectivity index (χ1v) is 8.89. The third-order valence-electron chi connectivity index (χ3n) is 3.79. The van der Waals surface area contributed by atoms with Gasteiger partial charge in [-0.25, -0.2) is 4.39 Å². The van der Waals surface area contributed by atoms with Crippen LogP contribution in [0, 0.1) is 5.82 Å². The second-order valence-corrected chi connectivity index (χ2v) is 7.07. The molecule has 0 spiro atoms. The van der Waals surface area contributed by atoms with Gasteiger partial charge < -0.3 is 14.8 Å². The summed E-state index contributed by atoms with van der Waals surface area (Å²) in [6.07, 6.45) is 0.784. The Balaban J connectivity index is 1.62. The van der Waals surface area contributed by atoms with Crippen LogP contribution in [0.15, 0.2) is 36.4 Å². The summed E-state index contributed by atoms with van der Waals surface area (Å²) in [6.45, 7) is 1.11. The van der Waals surface area contributed by atoms with Crippen LogP contribution in [0.25, 0.3) is 10.1 Å². The lowest BCUT2D eigenvalue weighted by molar-refractivity contribution is 0.103. The SMILES string of the molecule is O=C(Nc1cc2c(cc1Cl)OCCCO2)c1cc2cc(F)ccc2s1. The topological polar surface area (TPSA) is 47.6 Å². The first kappa shape index (κ1) is 16.2. The minimum Gasteiger partial charge on any atom is -0.490 e. The highest BCUT2D eigenvalue weighted by molar-refractivity contribution is 7.20. The van der Waals surface area contributed by atoms with Crippen molar-refractivity contribution in [3.63, 3.8) is 0 Å². The molecule has 1 aliphatic rings. The Labute approximate surface area is 152 Å². The van der Waals surface area contributed by atoms with Gasteiger partial charge in [0.2, 0.25) is 0 Å². The fourth-order valence-electron chi connectivity index (χ4n) is 2.59. The molecule has 7 heteroatoms. The van der Waals surface area contributed by atoms with E-state index in [9.17, 15) is 9.18 Å². The van der Waals surface area contributed by atoms with E-state index in [2.05, 4.69) is 5.32 Å². The lowest BCUT2D eigenvalue weighted by Gasteiger charge is -2.12. The number of ether oxygens (including phenoxy) is 2. The number of anilines is 1. The Morgan fingerprint density at radius 3 is 2.68 bits per heavy atom. The van der Waals surface area contributed by atoms with Crippen molar-refractivity contribution in [2.24, 2.45) is 0 Å². The molecule has 0 saturated heterocycles. The molecule has 1 aromatic heterocycles. The normalized spacial score (nSPS) is 13.5. The second-order valence-electron chi connectivity index (χ2n) is 5.58. The highest BCUT2D eigenvalue weighted by Gasteiger charge is 2.17. The molecule has 1 N–H and O–H groups in total. The highest BCUT2D eigenvalue weighted by atomic mass is 35.5. The number of rotatable bonds is 2. The number of carbonyl (C=O) groups is 1. The van der Waals surface area contributed by atoms with Gasteiger partial charge in [-0.2, -0.15) is 0 Å². The van der Waals surface area contributed by atoms with E-state index in [1.54, 1.807) is 24.3 Å². The molecule has 2 aromatic carbocycles. The van der Waals surface area contributed by atoms with Crippen LogP contribution in [0.2, 0.25) is 5.02 Å². The number of amides is 1. The van der Waals surface area contributed by atoms with Gasteiger partial charge in [-0.15, -0.1) is 11.3 Å². The number of hydrogen-bond donors (Lipinski definition) is 1. The Kier molecular flexibility index (Phi) is 4.23. The minimum atomic E-state index is -0.330. The summed E-state index contributed by atoms with van der Waals surface area (Å²) in [6, 6.07) is 9.40. The molecule has 0 fully saturated rings. The molecular weight excluding hydrogens is 365 g/mol. The Morgan fingerprint density at radius 2 is 1.88 bits per heavy atom. The maximum Gasteiger partial charge on any atom is 0.265 e. The van der Waals surface area contributed by atoms with Gasteiger partial charge in [0.15, 0.2) is 11.5 Å². The van der Waals surface area contributed by atoms with E-state index >= 15 is 0 Å². The zero-order valence-corrected chi connectivity index (χ0v) is 14.5. The van der Waals surface area contributed by atoms with E-state index in [1.165, 1.54) is 23.5 Å². The van der Waals surface area contributed by atoms with Crippen LogP contribution in [0.3, 0.4) is 0 Å². The molecule has 0 unspecified atom stereocenters. The van der Waals surface area contributed by atoms with Crippen LogP contribution in [0.1, 0.15) is 16.1 Å². The molecule has 25 heavy (non-hydrogen) atoms. The van der Waals surface area contributed by atoms with E-state index in [1.807, 2.05) is 0 Å². The van der Waals surface area contributed by atoms with Gasteiger partial charge in [-0.1, -0.05) is 11.6 Å². The van der Waals surface area contributed by atoms with Crippen molar-refractivity contribution < 1.29 is 18.7 Å². The zero-order chi connectivity index (χ0) is 17.4. The van der Waals surface area contributed by atoms with E-state index in [4.69, 9.17) is 21.1 Å². The predicted octanol–water partition coefficient (Wildman–Crippen LogP) is 5.11. The van der Waals surface area contributed by atoms with Crippen LogP contribution >= 0.6 is 22.9 Å². The van der Waals surface area contributed by atoms with Crippen LogP contribution in [-0.2, 0) is 0 Å². The Hall–Kier alpha value is -2.31. The number of thiophene rings is 1. The quantitative estimate of drug-likeness (QED) is 0.675. The Morgan fingerprint density at radius 1 is 1.12 bits per heavy atom. The van der Waals surface area contributed by atoms with Crippen molar-refractivity contribution in [3.8, 4) is 11.5 Å². The van der Waals surface area contributed by atoms with Crippen LogP contribution in [0.4, 0.5) is 10.1 Å². The van der Waals surface area contributed by atoms with Crippen molar-refractivity contribution in [3.05, 3.63) is 52.1 Å². The van der Waals surface area contributed by atoms with Crippen molar-refractivity contribution >= 4 is 44.6 Å². The average molecular weight is 378 g/mol. The smallest absolute Gasteiger partial charge is 0.265 e. The lowest BCUT2D eigenvalue weighted by Crippen LogP contribution is -2.10. The number of halogens is 2. The summed E-state index contributed by atoms with van der Waals surface area (Å²) in [5.74, 6) is 0.481. The molecule has 2 heterocycles. The van der Waals surface area contributed by atoms with Gasteiger partial charge >= 0.3 is 0 Å². The fourth-order valence-corrected chi connectivity index (χ4v) is 3.73. The molecule has 3 aromatic rings. The standard InChI is InChI=1S/C18H13ClFNO3S/c19-12-8-14-15(24-5-1-4-23-14)9-13(12)21-18(22)17-7-10-6-11(20)2-3-16(10)25-17/h2-3,6-9H,1,4-5H2,(H,21,22). The van der Waals surface area contributed by atoms with Gasteiger partial charge in [0.1, 0.15) is 5.82 Å². The molecule has 1 amide bonds. The van der Waals surface area contributed by atoms with E-state index in [-0.39, 0.29) is 11.7 Å². The maximum atomic E-state index is 13.3. The van der Waals surface area contributed by atoms with Crippen molar-refractivity contribution in [2.45, 2.75) is 6.42 Å². The average Bonchev–Trinajstić information content (AvgIpc) is 2.88. The molecule has 128 valence electrons. The molecular formula is C18H13ClFNO3S. The molecule has 4 rings (SSSR count). The van der Waals surface area contributed by atoms with Gasteiger partial charge in [0.25, 0.3) is 5.91 Å². The third-order valence-corrected chi connectivity index (χ3v) is 5.22. The number of benzene rings is 2. The van der Waals surface area contributed by atoms with Crippen molar-refractivity contribution in [1.82, 2.24) is 0 Å². The monoisotopic (exact) mass is 377 g/mol. The minimum absolute atomic E-state index is 0.307. The third kappa shape index (κ3) is 3.27. The molecule has 0 atom stereocenters. The number of carbonyl (C=O) groups excluding carboxylic acids is 1. The molecule has 0 radical (unpaired) electrons. The van der Waals surface area contributed by atoms with E-state index < -0.39 is 0 Å². The van der Waals surface area contributed by atoms with Crippen molar-refractivity contribution in [2.75, 3.05) is 18.5 Å². The highest BCUT2D eigenvalue weighted by Crippen LogP contribution is 2.38. The Bertz CT molecular complexity index is 972. The largest absolute Gasteiger partial charge is 0.490 e. The van der Waals surface area contributed by atoms with Crippen LogP contribution in [0.5, 0.6) is 11.5 Å². The fraction of sp³-hybridized carbons (Fsp3) is 0.167. The molecule has 0 aliphatic carbocycles. The predicted molar refractivity (Wildman–Crippen MR) is 96.8 cm³/mol. The van der Waals surface area contributed by atoms with E-state index in [0.29, 0.717) is 45.7 Å². The first-order valence-electron chi connectivity index (χ1n) is 7.70. The lowest BCUT2D eigenvalue weighted by atomic mass is 10.2. The molecule has 1 aliphatic heterocycles. The number of hydrogen-bond acceptors (Lipinski definition) is 4. The van der Waals surface area contributed by atoms with Gasteiger partial charge in [0, 0.05) is 23.3 Å². The first-order chi connectivity index (χ1) is 12.1. The summed E-state index contributed by atoms with van der Waals surface area (Å²) >= 11 is 7.54.